The molecular formula is C14H18N2. The van der Waals surface area contributed by atoms with Crippen LogP contribution in [-0.4, -0.2) is 6.54 Å². The molecule has 0 heterocycles. The first-order valence-corrected chi connectivity index (χ1v) is 5.75. The number of hydrogen-bond acceptors (Lipinski definition) is 2. The van der Waals surface area contributed by atoms with Gasteiger partial charge in [0.25, 0.3) is 0 Å². The van der Waals surface area contributed by atoms with Crippen molar-refractivity contribution in [3.8, 4) is 0 Å². The van der Waals surface area contributed by atoms with Crippen molar-refractivity contribution in [3.05, 3.63) is 53.9 Å². The lowest BCUT2D eigenvalue weighted by molar-refractivity contribution is 0.847. The molecule has 2 nitrogen and oxygen atoms in total. The molecule has 2 N–H and O–H groups in total. The van der Waals surface area contributed by atoms with Gasteiger partial charge in [0.2, 0.25) is 0 Å². The minimum atomic E-state index is 0.547. The highest BCUT2D eigenvalue weighted by Crippen LogP contribution is 2.29. The molecular weight excluding hydrogens is 196 g/mol. The predicted molar refractivity (Wildman–Crippen MR) is 69.1 cm³/mol. The van der Waals surface area contributed by atoms with Crippen LogP contribution in [0.15, 0.2) is 53.9 Å². The summed E-state index contributed by atoms with van der Waals surface area (Å²) < 4.78 is 0. The maximum absolute atomic E-state index is 3.39. The molecule has 1 aliphatic rings. The van der Waals surface area contributed by atoms with Crippen molar-refractivity contribution in [2.24, 2.45) is 5.92 Å². The van der Waals surface area contributed by atoms with E-state index in [0.717, 1.165) is 18.1 Å². The first-order valence-electron chi connectivity index (χ1n) is 5.75. The average Bonchev–Trinajstić information content (AvgIpc) is 2.96. The fraction of sp³-hybridized carbons (Fsp3) is 0.286. The molecule has 0 aromatic heterocycles. The molecule has 0 radical (unpaired) electrons. The van der Waals surface area contributed by atoms with Gasteiger partial charge in [-0.3, -0.25) is 0 Å². The lowest BCUT2D eigenvalue weighted by Gasteiger charge is -2.12. The van der Waals surface area contributed by atoms with Crippen LogP contribution in [0.4, 0.5) is 5.69 Å². The highest BCUT2D eigenvalue weighted by atomic mass is 15.1. The van der Waals surface area contributed by atoms with E-state index in [4.69, 9.17) is 0 Å². The van der Waals surface area contributed by atoms with Gasteiger partial charge >= 0.3 is 0 Å². The van der Waals surface area contributed by atoms with Crippen molar-refractivity contribution in [1.29, 1.82) is 0 Å². The van der Waals surface area contributed by atoms with Gasteiger partial charge in [-0.25, -0.2) is 0 Å². The lowest BCUT2D eigenvalue weighted by atomic mass is 10.2. The van der Waals surface area contributed by atoms with Gasteiger partial charge in [-0.15, -0.1) is 0 Å². The topological polar surface area (TPSA) is 24.1 Å². The number of rotatable bonds is 5. The van der Waals surface area contributed by atoms with Crippen molar-refractivity contribution >= 4 is 5.69 Å². The van der Waals surface area contributed by atoms with Crippen molar-refractivity contribution in [2.75, 3.05) is 11.9 Å². The van der Waals surface area contributed by atoms with Crippen LogP contribution >= 0.6 is 0 Å². The second-order valence-corrected chi connectivity index (χ2v) is 4.04. The Balaban J connectivity index is 2.00. The van der Waals surface area contributed by atoms with E-state index in [9.17, 15) is 0 Å². The van der Waals surface area contributed by atoms with Gasteiger partial charge < -0.3 is 10.6 Å². The summed E-state index contributed by atoms with van der Waals surface area (Å²) in [6, 6.07) is 10.2. The Labute approximate surface area is 97.1 Å². The molecule has 1 aliphatic carbocycles. The Kier molecular flexibility index (Phi) is 3.30. The zero-order valence-corrected chi connectivity index (χ0v) is 9.83. The van der Waals surface area contributed by atoms with Crippen LogP contribution in [0, 0.1) is 5.92 Å². The first kappa shape index (κ1) is 10.8. The summed E-state index contributed by atoms with van der Waals surface area (Å²) in [5.41, 5.74) is 2.57. The quantitative estimate of drug-likeness (QED) is 0.736. The van der Waals surface area contributed by atoms with Gasteiger partial charge in [-0.1, -0.05) is 29.8 Å². The van der Waals surface area contributed by atoms with Crippen LogP contribution in [0.3, 0.4) is 0 Å². The highest BCUT2D eigenvalue weighted by molar-refractivity contribution is 5.48. The number of hydrogen-bond donors (Lipinski definition) is 2. The number of nitrogens with one attached hydrogen (secondary N) is 2. The van der Waals surface area contributed by atoms with Crippen LogP contribution in [0.25, 0.3) is 0 Å². The van der Waals surface area contributed by atoms with E-state index >= 15 is 0 Å². The Morgan fingerprint density at radius 1 is 1.31 bits per heavy atom. The van der Waals surface area contributed by atoms with E-state index in [1.54, 1.807) is 0 Å². The Morgan fingerprint density at radius 2 is 2.00 bits per heavy atom. The molecule has 0 saturated carbocycles. The second kappa shape index (κ2) is 4.88. The van der Waals surface area contributed by atoms with Gasteiger partial charge in [-0.2, -0.15) is 0 Å². The van der Waals surface area contributed by atoms with Crippen molar-refractivity contribution in [2.45, 2.75) is 13.8 Å². The van der Waals surface area contributed by atoms with Crippen LogP contribution in [-0.2, 0) is 0 Å². The van der Waals surface area contributed by atoms with Crippen LogP contribution < -0.4 is 10.6 Å². The summed E-state index contributed by atoms with van der Waals surface area (Å²) >= 11 is 0. The maximum atomic E-state index is 3.39. The first-order chi connectivity index (χ1) is 7.79. The molecule has 1 atom stereocenters. The molecule has 2 heteroatoms. The van der Waals surface area contributed by atoms with Gasteiger partial charge in [0.15, 0.2) is 0 Å². The lowest BCUT2D eigenvalue weighted by Crippen LogP contribution is -2.19. The third-order valence-corrected chi connectivity index (χ3v) is 2.63. The van der Waals surface area contributed by atoms with Crippen molar-refractivity contribution in [1.82, 2.24) is 5.32 Å². The van der Waals surface area contributed by atoms with E-state index in [0.29, 0.717) is 5.92 Å². The Morgan fingerprint density at radius 3 is 2.56 bits per heavy atom. The highest BCUT2D eigenvalue weighted by Gasteiger charge is 2.17. The SMILES string of the molecule is CCN/C(=C/C1C=C1C)Nc1ccccc1. The standard InChI is InChI=1S/C14H18N2/c1-3-15-14(10-12-9-11(12)2)16-13-7-5-4-6-8-13/h4-10,12,15-16H,3H2,1-2H3/b14-10-. The summed E-state index contributed by atoms with van der Waals surface area (Å²) in [5, 5.41) is 6.73. The van der Waals surface area contributed by atoms with E-state index < -0.39 is 0 Å². The van der Waals surface area contributed by atoms with E-state index in [2.05, 4.69) is 48.8 Å². The predicted octanol–water partition coefficient (Wildman–Crippen LogP) is 3.13. The van der Waals surface area contributed by atoms with Crippen molar-refractivity contribution < 1.29 is 0 Å². The minimum absolute atomic E-state index is 0.547. The van der Waals surface area contributed by atoms with Crippen LogP contribution in [0.5, 0.6) is 0 Å². The fourth-order valence-electron chi connectivity index (χ4n) is 1.61. The zero-order chi connectivity index (χ0) is 11.4. The molecule has 0 amide bonds. The largest absolute Gasteiger partial charge is 0.372 e. The normalized spacial score (nSPS) is 19.0. The molecule has 1 aromatic rings. The third-order valence-electron chi connectivity index (χ3n) is 2.63. The fourth-order valence-corrected chi connectivity index (χ4v) is 1.61. The smallest absolute Gasteiger partial charge is 0.0999 e. The molecule has 0 bridgehead atoms. The molecule has 0 aliphatic heterocycles. The molecule has 2 rings (SSSR count). The summed E-state index contributed by atoms with van der Waals surface area (Å²) in [7, 11) is 0. The van der Waals surface area contributed by atoms with Gasteiger partial charge in [0, 0.05) is 18.2 Å². The van der Waals surface area contributed by atoms with Gasteiger partial charge in [0.05, 0.1) is 5.82 Å². The second-order valence-electron chi connectivity index (χ2n) is 4.04. The van der Waals surface area contributed by atoms with Crippen LogP contribution in [0.2, 0.25) is 0 Å². The number of allylic oxidation sites excluding steroid dienone is 3. The Bertz CT molecular complexity index is 404. The maximum Gasteiger partial charge on any atom is 0.0999 e. The molecule has 84 valence electrons. The summed E-state index contributed by atoms with van der Waals surface area (Å²) in [6.07, 6.45) is 4.48. The average molecular weight is 214 g/mol. The molecule has 0 spiro atoms. The number of benzene rings is 1. The van der Waals surface area contributed by atoms with Gasteiger partial charge in [0.1, 0.15) is 0 Å². The molecule has 0 fully saturated rings. The minimum Gasteiger partial charge on any atom is -0.372 e. The van der Waals surface area contributed by atoms with Crippen molar-refractivity contribution in [3.63, 3.8) is 0 Å². The number of anilines is 1. The summed E-state index contributed by atoms with van der Waals surface area (Å²) in [6.45, 7) is 5.19. The summed E-state index contributed by atoms with van der Waals surface area (Å²) in [5.74, 6) is 1.64. The number of para-hydroxylation sites is 1. The van der Waals surface area contributed by atoms with Crippen LogP contribution in [0.1, 0.15) is 13.8 Å². The van der Waals surface area contributed by atoms with E-state index in [1.807, 2.05) is 18.2 Å². The molecule has 0 saturated heterocycles. The Hall–Kier alpha value is -1.70. The van der Waals surface area contributed by atoms with Gasteiger partial charge in [-0.05, 0) is 32.1 Å². The van der Waals surface area contributed by atoms with E-state index in [1.165, 1.54) is 5.57 Å². The zero-order valence-electron chi connectivity index (χ0n) is 9.83. The molecule has 1 unspecified atom stereocenters. The molecule has 16 heavy (non-hydrogen) atoms. The molecule has 1 aromatic carbocycles. The third kappa shape index (κ3) is 2.89. The van der Waals surface area contributed by atoms with E-state index in [-0.39, 0.29) is 0 Å². The summed E-state index contributed by atoms with van der Waals surface area (Å²) in [4.78, 5) is 0. The monoisotopic (exact) mass is 214 g/mol.